The predicted molar refractivity (Wildman–Crippen MR) is 95.9 cm³/mol. The number of carbonyl (C=O) groups excluding carboxylic acids is 1. The van der Waals surface area contributed by atoms with Crippen LogP contribution < -0.4 is 5.69 Å². The van der Waals surface area contributed by atoms with Crippen molar-refractivity contribution in [3.63, 3.8) is 0 Å². The Morgan fingerprint density at radius 2 is 2.00 bits per heavy atom. The first kappa shape index (κ1) is 17.9. The van der Waals surface area contributed by atoms with E-state index >= 15 is 0 Å². The summed E-state index contributed by atoms with van der Waals surface area (Å²) in [5, 5.41) is 18.6. The molecule has 0 spiro atoms. The van der Waals surface area contributed by atoms with E-state index in [9.17, 15) is 9.59 Å². The van der Waals surface area contributed by atoms with Gasteiger partial charge in [-0.05, 0) is 49.0 Å². The molecule has 2 aromatic heterocycles. The largest absolute Gasteiger partial charge is 0.343 e. The molecule has 0 aliphatic carbocycles. The second-order valence-electron chi connectivity index (χ2n) is 7.47. The summed E-state index contributed by atoms with van der Waals surface area (Å²) < 4.78 is 3.47. The fraction of sp³-hybridized carbons (Fsp3) is 0.765. The zero-order valence-electron chi connectivity index (χ0n) is 15.7. The normalized spacial score (nSPS) is 21.1. The lowest BCUT2D eigenvalue weighted by Gasteiger charge is -2.33. The smallest absolute Gasteiger partial charge is 0.342 e. The number of amides is 1. The lowest BCUT2D eigenvalue weighted by atomic mass is 9.91. The van der Waals surface area contributed by atoms with Gasteiger partial charge in [0.1, 0.15) is 5.82 Å². The number of carbonyl (C=O) groups is 1. The number of tetrazole rings is 1. The Hall–Kier alpha value is -2.52. The number of nitrogens with one attached hydrogen (secondary N) is 1. The van der Waals surface area contributed by atoms with E-state index < -0.39 is 0 Å². The highest BCUT2D eigenvalue weighted by Gasteiger charge is 2.33. The molecule has 0 aromatic carbocycles. The Kier molecular flexibility index (Phi) is 5.04. The zero-order chi connectivity index (χ0) is 18.8. The monoisotopic (exact) mass is 374 g/mol. The highest BCUT2D eigenvalue weighted by atomic mass is 16.2. The van der Waals surface area contributed by atoms with Crippen molar-refractivity contribution in [1.82, 2.24) is 39.9 Å². The zero-order valence-corrected chi connectivity index (χ0v) is 15.7. The Morgan fingerprint density at radius 3 is 2.78 bits per heavy atom. The van der Waals surface area contributed by atoms with Gasteiger partial charge in [0.2, 0.25) is 5.91 Å². The molecule has 1 atom stereocenters. The quantitative estimate of drug-likeness (QED) is 0.825. The van der Waals surface area contributed by atoms with Gasteiger partial charge in [-0.15, -0.1) is 5.10 Å². The third-order valence-corrected chi connectivity index (χ3v) is 5.83. The minimum Gasteiger partial charge on any atom is -0.342 e. The Labute approximate surface area is 156 Å². The summed E-state index contributed by atoms with van der Waals surface area (Å²) in [4.78, 5) is 26.8. The van der Waals surface area contributed by atoms with Crippen LogP contribution in [0.5, 0.6) is 0 Å². The lowest BCUT2D eigenvalue weighted by molar-refractivity contribution is -0.134. The number of aromatic amines is 1. The van der Waals surface area contributed by atoms with Crippen molar-refractivity contribution in [2.75, 3.05) is 13.1 Å². The lowest BCUT2D eigenvalue weighted by Crippen LogP contribution is -2.42. The molecule has 10 heteroatoms. The Bertz CT molecular complexity index is 845. The standard InChI is InChI=1S/C17H26N8O2/c1-2-24-14(18-20-17(24)27)11-12-6-9-23(10-7-12)16(26)13-5-3-4-8-25-15(13)19-21-22-25/h12-13H,2-11H2,1H3,(H,20,27). The molecule has 1 saturated heterocycles. The van der Waals surface area contributed by atoms with Crippen LogP contribution in [0.25, 0.3) is 0 Å². The van der Waals surface area contributed by atoms with Gasteiger partial charge in [-0.1, -0.05) is 6.42 Å². The number of aryl methyl sites for hydroxylation is 1. The first-order chi connectivity index (χ1) is 13.2. The first-order valence-electron chi connectivity index (χ1n) is 9.86. The number of nitrogens with zero attached hydrogens (tertiary/aromatic N) is 7. The topological polar surface area (TPSA) is 115 Å². The molecule has 4 heterocycles. The number of rotatable bonds is 4. The second kappa shape index (κ2) is 7.61. The first-order valence-corrected chi connectivity index (χ1v) is 9.86. The van der Waals surface area contributed by atoms with E-state index in [1.54, 1.807) is 9.25 Å². The molecule has 1 amide bonds. The number of hydrogen-bond donors (Lipinski definition) is 1. The molecule has 0 radical (unpaired) electrons. The van der Waals surface area contributed by atoms with Crippen LogP contribution >= 0.6 is 0 Å². The van der Waals surface area contributed by atoms with Gasteiger partial charge in [-0.25, -0.2) is 14.6 Å². The van der Waals surface area contributed by atoms with Gasteiger partial charge in [-0.2, -0.15) is 5.10 Å². The molecule has 146 valence electrons. The molecule has 10 nitrogen and oxygen atoms in total. The summed E-state index contributed by atoms with van der Waals surface area (Å²) in [6.07, 6.45) is 5.45. The van der Waals surface area contributed by atoms with Crippen molar-refractivity contribution in [2.45, 2.75) is 64.5 Å². The maximum absolute atomic E-state index is 13.1. The van der Waals surface area contributed by atoms with Crippen LogP contribution in [0, 0.1) is 5.92 Å². The van der Waals surface area contributed by atoms with E-state index in [0.717, 1.165) is 64.0 Å². The maximum atomic E-state index is 13.1. The molecule has 2 aliphatic heterocycles. The molecule has 1 N–H and O–H groups in total. The third kappa shape index (κ3) is 3.52. The van der Waals surface area contributed by atoms with Crippen molar-refractivity contribution < 1.29 is 4.79 Å². The average Bonchev–Trinajstić information content (AvgIpc) is 3.23. The van der Waals surface area contributed by atoms with Gasteiger partial charge in [0.05, 0.1) is 5.92 Å². The second-order valence-corrected chi connectivity index (χ2v) is 7.47. The Balaban J connectivity index is 1.38. The highest BCUT2D eigenvalue weighted by Crippen LogP contribution is 2.28. The molecule has 0 bridgehead atoms. The van der Waals surface area contributed by atoms with Gasteiger partial charge in [0, 0.05) is 32.6 Å². The molecule has 0 saturated carbocycles. The van der Waals surface area contributed by atoms with E-state index in [2.05, 4.69) is 25.7 Å². The van der Waals surface area contributed by atoms with E-state index in [1.807, 2.05) is 11.8 Å². The van der Waals surface area contributed by atoms with Gasteiger partial charge < -0.3 is 4.90 Å². The SMILES string of the molecule is CCn1c(CC2CCN(C(=O)C3CCCCn4nnnc43)CC2)n[nH]c1=O. The molecular weight excluding hydrogens is 348 g/mol. The fourth-order valence-electron chi connectivity index (χ4n) is 4.26. The van der Waals surface area contributed by atoms with E-state index in [1.165, 1.54) is 0 Å². The summed E-state index contributed by atoms with van der Waals surface area (Å²) in [7, 11) is 0. The van der Waals surface area contributed by atoms with Gasteiger partial charge in [0.15, 0.2) is 5.82 Å². The van der Waals surface area contributed by atoms with E-state index in [0.29, 0.717) is 18.3 Å². The fourth-order valence-corrected chi connectivity index (χ4v) is 4.26. The summed E-state index contributed by atoms with van der Waals surface area (Å²) in [6.45, 7) is 4.84. The van der Waals surface area contributed by atoms with Crippen LogP contribution in [-0.4, -0.2) is 58.9 Å². The number of aromatic nitrogens is 7. The number of fused-ring (bicyclic) bond motifs is 1. The number of H-pyrrole nitrogens is 1. The summed E-state index contributed by atoms with van der Waals surface area (Å²) >= 11 is 0. The maximum Gasteiger partial charge on any atom is 0.343 e. The van der Waals surface area contributed by atoms with Crippen LogP contribution in [0.2, 0.25) is 0 Å². The third-order valence-electron chi connectivity index (χ3n) is 5.83. The van der Waals surface area contributed by atoms with Gasteiger partial charge in [0.25, 0.3) is 0 Å². The molecule has 1 fully saturated rings. The van der Waals surface area contributed by atoms with Gasteiger partial charge >= 0.3 is 5.69 Å². The molecule has 27 heavy (non-hydrogen) atoms. The predicted octanol–water partition coefficient (Wildman–Crippen LogP) is 0.327. The van der Waals surface area contributed by atoms with Crippen LogP contribution in [-0.2, 0) is 24.3 Å². The van der Waals surface area contributed by atoms with E-state index in [4.69, 9.17) is 0 Å². The summed E-state index contributed by atoms with van der Waals surface area (Å²) in [5.41, 5.74) is -0.147. The van der Waals surface area contributed by atoms with Gasteiger partial charge in [-0.3, -0.25) is 9.36 Å². The molecule has 2 aromatic rings. The highest BCUT2D eigenvalue weighted by molar-refractivity contribution is 5.83. The molecule has 4 rings (SSSR count). The van der Waals surface area contributed by atoms with Crippen LogP contribution in [0.1, 0.15) is 56.6 Å². The number of hydrogen-bond acceptors (Lipinski definition) is 6. The minimum absolute atomic E-state index is 0.147. The van der Waals surface area contributed by atoms with Crippen molar-refractivity contribution in [2.24, 2.45) is 5.92 Å². The average molecular weight is 374 g/mol. The van der Waals surface area contributed by atoms with Crippen LogP contribution in [0.15, 0.2) is 4.79 Å². The molecule has 2 aliphatic rings. The van der Waals surface area contributed by atoms with Crippen molar-refractivity contribution in [1.29, 1.82) is 0 Å². The Morgan fingerprint density at radius 1 is 1.19 bits per heavy atom. The summed E-state index contributed by atoms with van der Waals surface area (Å²) in [5.74, 6) is 1.89. The van der Waals surface area contributed by atoms with Crippen molar-refractivity contribution >= 4 is 5.91 Å². The van der Waals surface area contributed by atoms with Crippen molar-refractivity contribution in [3.05, 3.63) is 22.1 Å². The number of piperidine rings is 1. The summed E-state index contributed by atoms with van der Waals surface area (Å²) in [6, 6.07) is 0. The molecular formula is C17H26N8O2. The minimum atomic E-state index is -0.226. The van der Waals surface area contributed by atoms with E-state index in [-0.39, 0.29) is 17.5 Å². The number of likely N-dealkylation sites (tertiary alicyclic amines) is 1. The van der Waals surface area contributed by atoms with Crippen LogP contribution in [0.4, 0.5) is 0 Å². The van der Waals surface area contributed by atoms with Crippen molar-refractivity contribution in [3.8, 4) is 0 Å². The molecule has 1 unspecified atom stereocenters. The van der Waals surface area contributed by atoms with Crippen LogP contribution in [0.3, 0.4) is 0 Å².